The molecule has 0 aliphatic carbocycles. The summed E-state index contributed by atoms with van der Waals surface area (Å²) < 4.78 is 11.3. The highest BCUT2D eigenvalue weighted by Crippen LogP contribution is 2.15. The quantitative estimate of drug-likeness (QED) is 0.290. The SMILES string of the molecule is OCCCCCCCCCCCCCCCCCOC1CCCCO1. The Balaban J connectivity index is 1.65. The first-order chi connectivity index (χ1) is 12.4. The Bertz CT molecular complexity index is 252. The molecular formula is C22H44O3. The van der Waals surface area contributed by atoms with Gasteiger partial charge >= 0.3 is 0 Å². The van der Waals surface area contributed by atoms with Crippen LogP contribution in [0.2, 0.25) is 0 Å². The van der Waals surface area contributed by atoms with E-state index in [4.69, 9.17) is 14.6 Å². The van der Waals surface area contributed by atoms with Crippen LogP contribution in [-0.4, -0.2) is 31.2 Å². The number of aliphatic hydroxyl groups excluding tert-OH is 1. The van der Waals surface area contributed by atoms with Crippen LogP contribution in [0.4, 0.5) is 0 Å². The Morgan fingerprint density at radius 1 is 0.640 bits per heavy atom. The molecule has 0 aromatic carbocycles. The van der Waals surface area contributed by atoms with Crippen LogP contribution in [0.15, 0.2) is 0 Å². The van der Waals surface area contributed by atoms with Crippen LogP contribution in [0, 0.1) is 0 Å². The number of hydrogen-bond acceptors (Lipinski definition) is 3. The molecule has 1 unspecified atom stereocenters. The molecular weight excluding hydrogens is 312 g/mol. The number of aliphatic hydroxyl groups is 1. The van der Waals surface area contributed by atoms with Crippen LogP contribution in [-0.2, 0) is 9.47 Å². The third-order valence-corrected chi connectivity index (χ3v) is 5.24. The van der Waals surface area contributed by atoms with Gasteiger partial charge in [-0.15, -0.1) is 0 Å². The van der Waals surface area contributed by atoms with Crippen LogP contribution < -0.4 is 0 Å². The molecule has 0 radical (unpaired) electrons. The molecule has 25 heavy (non-hydrogen) atoms. The maximum absolute atomic E-state index is 8.72. The van der Waals surface area contributed by atoms with Gasteiger partial charge in [-0.3, -0.25) is 0 Å². The van der Waals surface area contributed by atoms with E-state index in [1.807, 2.05) is 0 Å². The lowest BCUT2D eigenvalue weighted by Crippen LogP contribution is -2.22. The van der Waals surface area contributed by atoms with Crippen molar-refractivity contribution in [2.45, 2.75) is 122 Å². The van der Waals surface area contributed by atoms with Crippen LogP contribution >= 0.6 is 0 Å². The first-order valence-corrected chi connectivity index (χ1v) is 11.3. The highest BCUT2D eigenvalue weighted by atomic mass is 16.7. The summed E-state index contributed by atoms with van der Waals surface area (Å²) in [6.45, 7) is 2.13. The van der Waals surface area contributed by atoms with Crippen molar-refractivity contribution in [1.82, 2.24) is 0 Å². The molecule has 1 heterocycles. The van der Waals surface area contributed by atoms with E-state index in [1.165, 1.54) is 103 Å². The molecule has 1 aliphatic heterocycles. The topological polar surface area (TPSA) is 38.7 Å². The number of ether oxygens (including phenoxy) is 2. The molecule has 0 amide bonds. The normalized spacial score (nSPS) is 17.9. The van der Waals surface area contributed by atoms with Gasteiger partial charge in [0, 0.05) is 19.8 Å². The van der Waals surface area contributed by atoms with Gasteiger partial charge in [-0.25, -0.2) is 0 Å². The van der Waals surface area contributed by atoms with Crippen molar-refractivity contribution in [2.75, 3.05) is 19.8 Å². The third-order valence-electron chi connectivity index (χ3n) is 5.24. The number of rotatable bonds is 18. The van der Waals surface area contributed by atoms with Crippen molar-refractivity contribution < 1.29 is 14.6 Å². The predicted octanol–water partition coefficient (Wildman–Crippen LogP) is 6.37. The van der Waals surface area contributed by atoms with E-state index in [0.29, 0.717) is 6.61 Å². The maximum Gasteiger partial charge on any atom is 0.157 e. The average molecular weight is 357 g/mol. The van der Waals surface area contributed by atoms with Crippen molar-refractivity contribution >= 4 is 0 Å². The molecule has 0 saturated carbocycles. The highest BCUT2D eigenvalue weighted by Gasteiger charge is 2.13. The predicted molar refractivity (Wildman–Crippen MR) is 106 cm³/mol. The van der Waals surface area contributed by atoms with Crippen molar-refractivity contribution in [3.05, 3.63) is 0 Å². The summed E-state index contributed by atoms with van der Waals surface area (Å²) in [7, 11) is 0. The fraction of sp³-hybridized carbons (Fsp3) is 1.00. The van der Waals surface area contributed by atoms with Crippen LogP contribution in [0.25, 0.3) is 0 Å². The zero-order valence-corrected chi connectivity index (χ0v) is 16.7. The summed E-state index contributed by atoms with van der Waals surface area (Å²) in [5, 5.41) is 8.72. The number of hydrogen-bond donors (Lipinski definition) is 1. The Kier molecular flexibility index (Phi) is 17.1. The van der Waals surface area contributed by atoms with E-state index in [9.17, 15) is 0 Å². The van der Waals surface area contributed by atoms with E-state index in [1.54, 1.807) is 0 Å². The first kappa shape index (κ1) is 22.9. The van der Waals surface area contributed by atoms with Gasteiger partial charge < -0.3 is 14.6 Å². The Hall–Kier alpha value is -0.120. The van der Waals surface area contributed by atoms with E-state index < -0.39 is 0 Å². The van der Waals surface area contributed by atoms with Crippen molar-refractivity contribution in [2.24, 2.45) is 0 Å². The summed E-state index contributed by atoms with van der Waals surface area (Å²) in [6, 6.07) is 0. The molecule has 3 heteroatoms. The number of unbranched alkanes of at least 4 members (excludes halogenated alkanes) is 14. The lowest BCUT2D eigenvalue weighted by molar-refractivity contribution is -0.162. The second-order valence-corrected chi connectivity index (χ2v) is 7.69. The summed E-state index contributed by atoms with van der Waals surface area (Å²) >= 11 is 0. The van der Waals surface area contributed by atoms with Crippen LogP contribution in [0.1, 0.15) is 116 Å². The van der Waals surface area contributed by atoms with E-state index >= 15 is 0 Å². The molecule has 1 aliphatic rings. The lowest BCUT2D eigenvalue weighted by Gasteiger charge is -2.22. The summed E-state index contributed by atoms with van der Waals surface area (Å²) in [4.78, 5) is 0. The molecule has 3 nitrogen and oxygen atoms in total. The second kappa shape index (κ2) is 18.7. The molecule has 0 spiro atoms. The minimum atomic E-state index is 0.0919. The van der Waals surface area contributed by atoms with Crippen molar-refractivity contribution in [1.29, 1.82) is 0 Å². The monoisotopic (exact) mass is 356 g/mol. The Morgan fingerprint density at radius 3 is 1.56 bits per heavy atom. The van der Waals surface area contributed by atoms with Crippen molar-refractivity contribution in [3.63, 3.8) is 0 Å². The molecule has 1 atom stereocenters. The molecule has 0 aromatic heterocycles. The zero-order valence-electron chi connectivity index (χ0n) is 16.7. The zero-order chi connectivity index (χ0) is 17.8. The summed E-state index contributed by atoms with van der Waals surface area (Å²) in [6.07, 6.45) is 23.6. The minimum Gasteiger partial charge on any atom is -0.396 e. The van der Waals surface area contributed by atoms with Gasteiger partial charge in [-0.05, 0) is 32.1 Å². The molecule has 1 rings (SSSR count). The average Bonchev–Trinajstić information content (AvgIpc) is 2.65. The summed E-state index contributed by atoms with van der Waals surface area (Å²) in [5.41, 5.74) is 0. The third kappa shape index (κ3) is 15.8. The molecule has 1 saturated heterocycles. The smallest absolute Gasteiger partial charge is 0.157 e. The van der Waals surface area contributed by atoms with Gasteiger partial charge in [0.25, 0.3) is 0 Å². The standard InChI is InChI=1S/C22H44O3/c23-19-15-12-10-8-6-4-2-1-3-5-7-9-11-13-16-20-24-22-18-14-17-21-25-22/h22-23H,1-21H2. The van der Waals surface area contributed by atoms with Gasteiger partial charge in [0.2, 0.25) is 0 Å². The highest BCUT2D eigenvalue weighted by molar-refractivity contribution is 4.54. The first-order valence-electron chi connectivity index (χ1n) is 11.3. The van der Waals surface area contributed by atoms with Gasteiger partial charge in [0.1, 0.15) is 0 Å². The Labute approximate surface area is 156 Å². The molecule has 1 fully saturated rings. The molecule has 1 N–H and O–H groups in total. The van der Waals surface area contributed by atoms with E-state index in [2.05, 4.69) is 0 Å². The van der Waals surface area contributed by atoms with Crippen molar-refractivity contribution in [3.8, 4) is 0 Å². The van der Waals surface area contributed by atoms with E-state index in [0.717, 1.165) is 26.1 Å². The largest absolute Gasteiger partial charge is 0.396 e. The second-order valence-electron chi connectivity index (χ2n) is 7.69. The Morgan fingerprint density at radius 2 is 1.12 bits per heavy atom. The molecule has 150 valence electrons. The summed E-state index contributed by atoms with van der Waals surface area (Å²) in [5.74, 6) is 0. The van der Waals surface area contributed by atoms with Crippen LogP contribution in [0.5, 0.6) is 0 Å². The fourth-order valence-electron chi connectivity index (χ4n) is 3.57. The van der Waals surface area contributed by atoms with Gasteiger partial charge in [-0.2, -0.15) is 0 Å². The lowest BCUT2D eigenvalue weighted by atomic mass is 10.0. The fourth-order valence-corrected chi connectivity index (χ4v) is 3.57. The molecule has 0 bridgehead atoms. The van der Waals surface area contributed by atoms with Crippen LogP contribution in [0.3, 0.4) is 0 Å². The maximum atomic E-state index is 8.72. The van der Waals surface area contributed by atoms with E-state index in [-0.39, 0.29) is 6.29 Å². The van der Waals surface area contributed by atoms with Gasteiger partial charge in [0.05, 0.1) is 0 Å². The van der Waals surface area contributed by atoms with Gasteiger partial charge in [0.15, 0.2) is 6.29 Å². The van der Waals surface area contributed by atoms with Gasteiger partial charge in [-0.1, -0.05) is 83.5 Å². The molecule has 0 aromatic rings. The minimum absolute atomic E-state index is 0.0919.